The van der Waals surface area contributed by atoms with Crippen LogP contribution in [0.4, 0.5) is 0 Å². The predicted molar refractivity (Wildman–Crippen MR) is 149 cm³/mol. The normalized spacial score (nSPS) is 16.4. The van der Waals surface area contributed by atoms with E-state index in [9.17, 15) is 19.2 Å². The van der Waals surface area contributed by atoms with Crippen LogP contribution in [0.2, 0.25) is 0 Å². The molecule has 2 rings (SSSR count). The SMILES string of the molecule is CCC.CCCC(=O)CCc1ccc2c(c1C)C(=O)CC(CC(CCC)C(CC)C(=O)CC(C)=O)C2. The van der Waals surface area contributed by atoms with E-state index in [1.807, 2.05) is 20.8 Å². The number of carbonyl (C=O) groups excluding carboxylic acids is 4. The zero-order chi connectivity index (χ0) is 27.3. The lowest BCUT2D eigenvalue weighted by Gasteiger charge is -2.32. The summed E-state index contributed by atoms with van der Waals surface area (Å²) < 4.78 is 0. The van der Waals surface area contributed by atoms with Gasteiger partial charge in [0.05, 0.1) is 6.42 Å². The second-order valence-electron chi connectivity index (χ2n) is 10.7. The first-order chi connectivity index (χ1) is 17.1. The smallest absolute Gasteiger partial charge is 0.163 e. The van der Waals surface area contributed by atoms with E-state index in [0.717, 1.165) is 60.8 Å². The van der Waals surface area contributed by atoms with Crippen molar-refractivity contribution in [1.82, 2.24) is 0 Å². The molecule has 0 amide bonds. The highest BCUT2D eigenvalue weighted by Gasteiger charge is 2.33. The van der Waals surface area contributed by atoms with Crippen LogP contribution in [0.25, 0.3) is 0 Å². The zero-order valence-corrected chi connectivity index (χ0v) is 24.0. The molecule has 0 N–H and O–H groups in total. The Hall–Kier alpha value is -2.10. The molecule has 1 aromatic carbocycles. The average molecular weight is 499 g/mol. The molecule has 202 valence electrons. The first kappa shape index (κ1) is 31.9. The minimum Gasteiger partial charge on any atom is -0.300 e. The predicted octanol–water partition coefficient (Wildman–Crippen LogP) is 7.84. The number of Topliss-reactive ketones (excluding diaryl/α,β-unsaturated/α-hetero) is 4. The molecule has 0 bridgehead atoms. The van der Waals surface area contributed by atoms with Crippen LogP contribution in [-0.4, -0.2) is 23.1 Å². The van der Waals surface area contributed by atoms with Crippen LogP contribution in [0.1, 0.15) is 133 Å². The van der Waals surface area contributed by atoms with Gasteiger partial charge in [0.15, 0.2) is 5.78 Å². The van der Waals surface area contributed by atoms with Crippen LogP contribution in [0.15, 0.2) is 12.1 Å². The molecule has 36 heavy (non-hydrogen) atoms. The maximum atomic E-state index is 13.2. The molecule has 3 atom stereocenters. The van der Waals surface area contributed by atoms with Gasteiger partial charge in [-0.2, -0.15) is 0 Å². The van der Waals surface area contributed by atoms with E-state index in [1.165, 1.54) is 13.3 Å². The molecule has 1 aliphatic rings. The largest absolute Gasteiger partial charge is 0.300 e. The minimum atomic E-state index is -0.102. The van der Waals surface area contributed by atoms with Crippen molar-refractivity contribution < 1.29 is 19.2 Å². The number of hydrogen-bond donors (Lipinski definition) is 0. The highest BCUT2D eigenvalue weighted by molar-refractivity contribution is 6.00. The van der Waals surface area contributed by atoms with E-state index in [2.05, 4.69) is 32.9 Å². The summed E-state index contributed by atoms with van der Waals surface area (Å²) in [4.78, 5) is 49.4. The quantitative estimate of drug-likeness (QED) is 0.245. The monoisotopic (exact) mass is 498 g/mol. The van der Waals surface area contributed by atoms with Crippen LogP contribution < -0.4 is 0 Å². The van der Waals surface area contributed by atoms with Crippen molar-refractivity contribution in [2.45, 2.75) is 126 Å². The number of ketones is 4. The molecule has 4 heteroatoms. The van der Waals surface area contributed by atoms with Crippen molar-refractivity contribution in [2.75, 3.05) is 0 Å². The minimum absolute atomic E-state index is 0.0217. The lowest BCUT2D eigenvalue weighted by Crippen LogP contribution is -2.30. The lowest BCUT2D eigenvalue weighted by atomic mass is 9.72. The number of fused-ring (bicyclic) bond motifs is 1. The van der Waals surface area contributed by atoms with Gasteiger partial charge in [0, 0.05) is 30.7 Å². The molecule has 0 saturated heterocycles. The van der Waals surface area contributed by atoms with Gasteiger partial charge in [-0.25, -0.2) is 0 Å². The molecule has 0 aromatic heterocycles. The van der Waals surface area contributed by atoms with Crippen LogP contribution in [-0.2, 0) is 27.2 Å². The van der Waals surface area contributed by atoms with Crippen LogP contribution in [0.5, 0.6) is 0 Å². The number of rotatable bonds is 14. The summed E-state index contributed by atoms with van der Waals surface area (Å²) >= 11 is 0. The van der Waals surface area contributed by atoms with Gasteiger partial charge in [-0.3, -0.25) is 19.2 Å². The molecule has 0 radical (unpaired) electrons. The fourth-order valence-corrected chi connectivity index (χ4v) is 5.71. The third-order valence-electron chi connectivity index (χ3n) is 7.27. The molecule has 0 heterocycles. The van der Waals surface area contributed by atoms with Gasteiger partial charge >= 0.3 is 0 Å². The van der Waals surface area contributed by atoms with Gasteiger partial charge in [0.25, 0.3) is 0 Å². The molecule has 3 unspecified atom stereocenters. The molecular formula is C32H50O4. The molecule has 1 aliphatic carbocycles. The highest BCUT2D eigenvalue weighted by Crippen LogP contribution is 2.37. The molecule has 4 nitrogen and oxygen atoms in total. The topological polar surface area (TPSA) is 68.3 Å². The van der Waals surface area contributed by atoms with Crippen LogP contribution >= 0.6 is 0 Å². The van der Waals surface area contributed by atoms with E-state index in [1.54, 1.807) is 0 Å². The Bertz CT molecular complexity index is 882. The van der Waals surface area contributed by atoms with Crippen LogP contribution in [0.3, 0.4) is 0 Å². The molecule has 0 aliphatic heterocycles. The van der Waals surface area contributed by atoms with Crippen molar-refractivity contribution in [3.8, 4) is 0 Å². The Kier molecular flexibility index (Phi) is 14.7. The van der Waals surface area contributed by atoms with E-state index < -0.39 is 0 Å². The van der Waals surface area contributed by atoms with Crippen molar-refractivity contribution in [3.05, 3.63) is 34.4 Å². The van der Waals surface area contributed by atoms with Gasteiger partial charge in [0.2, 0.25) is 0 Å². The average Bonchev–Trinajstić information content (AvgIpc) is 2.79. The van der Waals surface area contributed by atoms with Gasteiger partial charge in [-0.1, -0.05) is 66.0 Å². The summed E-state index contributed by atoms with van der Waals surface area (Å²) in [5, 5.41) is 0. The Balaban J connectivity index is 0.00000205. The third kappa shape index (κ3) is 9.75. The summed E-state index contributed by atoms with van der Waals surface area (Å²) in [6, 6.07) is 4.18. The fraction of sp³-hybridized carbons (Fsp3) is 0.688. The van der Waals surface area contributed by atoms with Gasteiger partial charge in [-0.15, -0.1) is 0 Å². The Morgan fingerprint density at radius 3 is 2.19 bits per heavy atom. The van der Waals surface area contributed by atoms with Crippen molar-refractivity contribution in [1.29, 1.82) is 0 Å². The molecule has 1 aromatic rings. The Morgan fingerprint density at radius 1 is 0.972 bits per heavy atom. The summed E-state index contributed by atoms with van der Waals surface area (Å²) in [6.07, 6.45) is 8.91. The summed E-state index contributed by atoms with van der Waals surface area (Å²) in [7, 11) is 0. The number of hydrogen-bond acceptors (Lipinski definition) is 4. The highest BCUT2D eigenvalue weighted by atomic mass is 16.1. The third-order valence-corrected chi connectivity index (χ3v) is 7.27. The van der Waals surface area contributed by atoms with Crippen LogP contribution in [0, 0.1) is 24.7 Å². The molecule has 0 fully saturated rings. The maximum absolute atomic E-state index is 13.2. The maximum Gasteiger partial charge on any atom is 0.163 e. The van der Waals surface area contributed by atoms with Crippen molar-refractivity contribution in [3.63, 3.8) is 0 Å². The second kappa shape index (κ2) is 16.6. The number of aryl methyl sites for hydroxylation is 1. The number of carbonyl (C=O) groups is 4. The van der Waals surface area contributed by atoms with Gasteiger partial charge in [-0.05, 0) is 74.5 Å². The van der Waals surface area contributed by atoms with E-state index in [-0.39, 0.29) is 47.3 Å². The molecule has 0 spiro atoms. The summed E-state index contributed by atoms with van der Waals surface area (Å²) in [5.41, 5.74) is 4.11. The molecule has 0 saturated carbocycles. The summed E-state index contributed by atoms with van der Waals surface area (Å²) in [5.74, 6) is 0.817. The van der Waals surface area contributed by atoms with E-state index in [0.29, 0.717) is 25.7 Å². The first-order valence-electron chi connectivity index (χ1n) is 14.3. The van der Waals surface area contributed by atoms with Crippen molar-refractivity contribution >= 4 is 23.1 Å². The number of benzene rings is 1. The van der Waals surface area contributed by atoms with Gasteiger partial charge < -0.3 is 0 Å². The lowest BCUT2D eigenvalue weighted by molar-refractivity contribution is -0.130. The van der Waals surface area contributed by atoms with E-state index in [4.69, 9.17) is 0 Å². The van der Waals surface area contributed by atoms with E-state index >= 15 is 0 Å². The fourth-order valence-electron chi connectivity index (χ4n) is 5.71. The first-order valence-corrected chi connectivity index (χ1v) is 14.3. The summed E-state index contributed by atoms with van der Waals surface area (Å²) in [6.45, 7) is 13.9. The Morgan fingerprint density at radius 2 is 1.64 bits per heavy atom. The zero-order valence-electron chi connectivity index (χ0n) is 24.0. The standard InChI is InChI=1S/C29H42O4.C3H8/c1-6-9-23(26(8-3)27(32)15-19(4)30)16-21-17-24-12-11-22(13-14-25(31)10-7-2)20(5)29(24)28(33)18-21;1-3-2/h11-12,21,23,26H,6-10,13-18H2,1-5H3;3H2,1-2H3. The molecular weight excluding hydrogens is 448 g/mol. The van der Waals surface area contributed by atoms with Crippen molar-refractivity contribution in [2.24, 2.45) is 17.8 Å². The van der Waals surface area contributed by atoms with Gasteiger partial charge in [0.1, 0.15) is 17.3 Å². The Labute approximate surface area is 220 Å². The second-order valence-corrected chi connectivity index (χ2v) is 10.7.